The maximum absolute atomic E-state index is 12.4. The highest BCUT2D eigenvalue weighted by atomic mass is 19.3. The first-order chi connectivity index (χ1) is 9.99. The molecule has 2 aromatic heterocycles. The number of furan rings is 1. The molecule has 0 aliphatic heterocycles. The average molecular weight is 296 g/mol. The molecule has 7 nitrogen and oxygen atoms in total. The Bertz CT molecular complexity index is 915. The molecule has 0 unspecified atom stereocenters. The van der Waals surface area contributed by atoms with Crippen LogP contribution >= 0.6 is 0 Å². The van der Waals surface area contributed by atoms with E-state index in [0.717, 1.165) is 12.1 Å². The van der Waals surface area contributed by atoms with Gasteiger partial charge < -0.3 is 14.3 Å². The van der Waals surface area contributed by atoms with Gasteiger partial charge in [-0.3, -0.25) is 4.79 Å². The zero-order chi connectivity index (χ0) is 15.1. The molecular formula is C12H6F2N2O5. The largest absolute Gasteiger partial charge is 0.478 e. The Balaban J connectivity index is 2.48. The summed E-state index contributed by atoms with van der Waals surface area (Å²) in [6.07, 6.45) is 1.18. The predicted molar refractivity (Wildman–Crippen MR) is 65.7 cm³/mol. The van der Waals surface area contributed by atoms with Gasteiger partial charge in [0.2, 0.25) is 5.58 Å². The lowest BCUT2D eigenvalue weighted by Crippen LogP contribution is -2.05. The van der Waals surface area contributed by atoms with Gasteiger partial charge in [0.1, 0.15) is 0 Å². The minimum Gasteiger partial charge on any atom is -0.478 e. The molecule has 3 aromatic rings. The molecule has 0 amide bonds. The third-order valence-electron chi connectivity index (χ3n) is 2.85. The van der Waals surface area contributed by atoms with Crippen LogP contribution in [0.15, 0.2) is 27.5 Å². The van der Waals surface area contributed by atoms with Crippen molar-refractivity contribution in [2.75, 3.05) is 0 Å². The number of benzene rings is 1. The molecule has 2 N–H and O–H groups in total. The van der Waals surface area contributed by atoms with Crippen LogP contribution in [-0.2, 0) is 0 Å². The second-order valence-corrected chi connectivity index (χ2v) is 4.04. The molecular weight excluding hydrogens is 290 g/mol. The highest BCUT2D eigenvalue weighted by Crippen LogP contribution is 2.36. The summed E-state index contributed by atoms with van der Waals surface area (Å²) < 4.78 is 34.2. The van der Waals surface area contributed by atoms with E-state index in [1.807, 2.05) is 0 Å². The molecule has 0 spiro atoms. The molecule has 21 heavy (non-hydrogen) atoms. The van der Waals surface area contributed by atoms with E-state index in [2.05, 4.69) is 14.9 Å². The maximum Gasteiger partial charge on any atom is 0.387 e. The molecule has 3 rings (SSSR count). The first-order valence-corrected chi connectivity index (χ1v) is 5.60. The van der Waals surface area contributed by atoms with Crippen LogP contribution in [0.1, 0.15) is 10.4 Å². The molecule has 0 aliphatic carbocycles. The van der Waals surface area contributed by atoms with Crippen molar-refractivity contribution < 1.29 is 27.8 Å². The number of alkyl halides is 2. The van der Waals surface area contributed by atoms with Crippen molar-refractivity contribution in [1.82, 2.24) is 10.2 Å². The van der Waals surface area contributed by atoms with Gasteiger partial charge in [0, 0.05) is 5.39 Å². The van der Waals surface area contributed by atoms with Gasteiger partial charge in [0.25, 0.3) is 0 Å². The average Bonchev–Trinajstić information content (AvgIpc) is 2.80. The van der Waals surface area contributed by atoms with Crippen molar-refractivity contribution in [1.29, 1.82) is 0 Å². The zero-order valence-electron chi connectivity index (χ0n) is 10.1. The van der Waals surface area contributed by atoms with Crippen LogP contribution in [0.2, 0.25) is 0 Å². The minimum atomic E-state index is -3.12. The lowest BCUT2D eigenvalue weighted by atomic mass is 10.1. The fraction of sp³-hybridized carbons (Fsp3) is 0.0833. The standard InChI is InChI=1S/C12H6F2N2O5/c13-12(14)20-6-2-1-4(11(18)19)7-5-3-15-16-10(17)8(5)21-9(6)7/h1-3,12H,(H,16,17)(H,18,19). The topological polar surface area (TPSA) is 105 Å². The van der Waals surface area contributed by atoms with Gasteiger partial charge in [-0.1, -0.05) is 0 Å². The number of nitrogens with one attached hydrogen (secondary N) is 1. The highest BCUT2D eigenvalue weighted by Gasteiger charge is 2.22. The summed E-state index contributed by atoms with van der Waals surface area (Å²) in [6.45, 7) is -3.12. The number of H-pyrrole nitrogens is 1. The van der Waals surface area contributed by atoms with E-state index in [1.165, 1.54) is 6.20 Å². The summed E-state index contributed by atoms with van der Waals surface area (Å²) >= 11 is 0. The van der Waals surface area contributed by atoms with Crippen molar-refractivity contribution in [3.05, 3.63) is 34.2 Å². The Hall–Kier alpha value is -2.97. The van der Waals surface area contributed by atoms with Crippen molar-refractivity contribution >= 4 is 27.9 Å². The number of rotatable bonds is 3. The first-order valence-electron chi connectivity index (χ1n) is 5.60. The van der Waals surface area contributed by atoms with Gasteiger partial charge in [0.15, 0.2) is 11.3 Å². The van der Waals surface area contributed by atoms with Crippen molar-refractivity contribution in [3.8, 4) is 5.75 Å². The normalized spacial score (nSPS) is 11.4. The number of ether oxygens (including phenoxy) is 1. The number of carboxylic acids is 1. The van der Waals surface area contributed by atoms with Gasteiger partial charge in [-0.15, -0.1) is 0 Å². The second-order valence-electron chi connectivity index (χ2n) is 4.04. The van der Waals surface area contributed by atoms with E-state index in [0.29, 0.717) is 0 Å². The Kier molecular flexibility index (Phi) is 2.82. The van der Waals surface area contributed by atoms with Crippen LogP contribution < -0.4 is 10.3 Å². The van der Waals surface area contributed by atoms with Crippen LogP contribution in [0, 0.1) is 0 Å². The fourth-order valence-corrected chi connectivity index (χ4v) is 2.07. The lowest BCUT2D eigenvalue weighted by molar-refractivity contribution is -0.0493. The number of aromatic amines is 1. The number of hydrogen-bond acceptors (Lipinski definition) is 5. The summed E-state index contributed by atoms with van der Waals surface area (Å²) in [5.41, 5.74) is -1.38. The van der Waals surface area contributed by atoms with E-state index in [9.17, 15) is 18.4 Å². The summed E-state index contributed by atoms with van der Waals surface area (Å²) in [4.78, 5) is 22.9. The highest BCUT2D eigenvalue weighted by molar-refractivity contribution is 6.15. The molecule has 0 radical (unpaired) electrons. The molecule has 9 heteroatoms. The van der Waals surface area contributed by atoms with Crippen LogP contribution in [0.25, 0.3) is 21.9 Å². The Morgan fingerprint density at radius 1 is 1.38 bits per heavy atom. The fourth-order valence-electron chi connectivity index (χ4n) is 2.07. The number of aromatic nitrogens is 2. The molecule has 0 saturated carbocycles. The molecule has 0 atom stereocenters. The van der Waals surface area contributed by atoms with Gasteiger partial charge in [0.05, 0.1) is 17.1 Å². The van der Waals surface area contributed by atoms with Crippen LogP contribution in [-0.4, -0.2) is 27.9 Å². The van der Waals surface area contributed by atoms with E-state index in [-0.39, 0.29) is 33.3 Å². The van der Waals surface area contributed by atoms with Gasteiger partial charge >= 0.3 is 18.1 Å². The summed E-state index contributed by atoms with van der Waals surface area (Å²) in [6, 6.07) is 2.14. The maximum atomic E-state index is 12.4. The van der Waals surface area contributed by atoms with E-state index in [4.69, 9.17) is 9.52 Å². The summed E-state index contributed by atoms with van der Waals surface area (Å²) in [7, 11) is 0. The number of nitrogens with zero attached hydrogens (tertiary/aromatic N) is 1. The number of halogens is 2. The minimum absolute atomic E-state index is 0.0192. The number of carbonyl (C=O) groups is 1. The van der Waals surface area contributed by atoms with Crippen molar-refractivity contribution in [2.24, 2.45) is 0 Å². The number of aromatic carboxylic acids is 1. The zero-order valence-corrected chi connectivity index (χ0v) is 10.1. The molecule has 1 aromatic carbocycles. The summed E-state index contributed by atoms with van der Waals surface area (Å²) in [5, 5.41) is 14.9. The molecule has 0 bridgehead atoms. The molecule has 2 heterocycles. The van der Waals surface area contributed by atoms with E-state index in [1.54, 1.807) is 0 Å². The van der Waals surface area contributed by atoms with Crippen LogP contribution in [0.5, 0.6) is 5.75 Å². The van der Waals surface area contributed by atoms with Crippen LogP contribution in [0.4, 0.5) is 8.78 Å². The van der Waals surface area contributed by atoms with Crippen LogP contribution in [0.3, 0.4) is 0 Å². The molecule has 0 saturated heterocycles. The molecule has 0 fully saturated rings. The Morgan fingerprint density at radius 2 is 2.14 bits per heavy atom. The van der Waals surface area contributed by atoms with E-state index < -0.39 is 18.1 Å². The smallest absolute Gasteiger partial charge is 0.387 e. The Morgan fingerprint density at radius 3 is 2.81 bits per heavy atom. The summed E-state index contributed by atoms with van der Waals surface area (Å²) in [5.74, 6) is -1.66. The quantitative estimate of drug-likeness (QED) is 0.765. The first kappa shape index (κ1) is 13.0. The van der Waals surface area contributed by atoms with Crippen molar-refractivity contribution in [3.63, 3.8) is 0 Å². The van der Waals surface area contributed by atoms with E-state index >= 15 is 0 Å². The molecule has 0 aliphatic rings. The molecule has 108 valence electrons. The van der Waals surface area contributed by atoms with Gasteiger partial charge in [-0.2, -0.15) is 13.9 Å². The number of fused-ring (bicyclic) bond motifs is 3. The van der Waals surface area contributed by atoms with Crippen molar-refractivity contribution in [2.45, 2.75) is 6.61 Å². The predicted octanol–water partition coefficient (Wildman–Crippen LogP) is 1.97. The monoisotopic (exact) mass is 296 g/mol. The van der Waals surface area contributed by atoms with Gasteiger partial charge in [-0.05, 0) is 12.1 Å². The number of carboxylic acid groups (broad SMARTS) is 1. The van der Waals surface area contributed by atoms with Gasteiger partial charge in [-0.25, -0.2) is 9.89 Å². The number of hydrogen-bond donors (Lipinski definition) is 2. The second kappa shape index (κ2) is 4.54. The Labute approximate surface area is 113 Å². The SMILES string of the molecule is O=C(O)c1ccc(OC(F)F)c2oc3c(=O)[nH]ncc3c12. The third-order valence-corrected chi connectivity index (χ3v) is 2.85. The lowest BCUT2D eigenvalue weighted by Gasteiger charge is -2.05. The third kappa shape index (κ3) is 1.98.